The maximum atomic E-state index is 5.90. The number of hydrogen-bond acceptors (Lipinski definition) is 8. The minimum atomic E-state index is -2.42. The van der Waals surface area contributed by atoms with E-state index in [4.69, 9.17) is 36.0 Å². The van der Waals surface area contributed by atoms with Gasteiger partial charge in [-0.3, -0.25) is 0 Å². The monoisotopic (exact) mass is 562 g/mol. The molecule has 0 radical (unpaired) electrons. The van der Waals surface area contributed by atoms with Crippen molar-refractivity contribution in [1.82, 2.24) is 0 Å². The average Bonchev–Trinajstić information content (AvgIpc) is 3.82. The summed E-state index contributed by atoms with van der Waals surface area (Å²) >= 11 is 0. The highest BCUT2D eigenvalue weighted by atomic mass is 28.4. The lowest BCUT2D eigenvalue weighted by Crippen LogP contribution is -2.46. The first-order valence-corrected chi connectivity index (χ1v) is 18.7. The Bertz CT molecular complexity index is 612. The Labute approximate surface area is 228 Å². The summed E-state index contributed by atoms with van der Waals surface area (Å²) in [5.41, 5.74) is 0. The Balaban J connectivity index is 0.000000208. The third-order valence-electron chi connectivity index (χ3n) is 8.44. The summed E-state index contributed by atoms with van der Waals surface area (Å²) in [6.45, 7) is 8.08. The van der Waals surface area contributed by atoms with Gasteiger partial charge in [0, 0.05) is 53.2 Å². The summed E-state index contributed by atoms with van der Waals surface area (Å²) in [5, 5.41) is 0. The lowest BCUT2D eigenvalue weighted by molar-refractivity contribution is 0.0702. The molecule has 8 nitrogen and oxygen atoms in total. The third kappa shape index (κ3) is 9.91. The largest absolute Gasteiger partial charge is 0.500 e. The molecule has 218 valence electrons. The maximum Gasteiger partial charge on any atom is 0.500 e. The van der Waals surface area contributed by atoms with E-state index in [0.717, 1.165) is 36.8 Å². The second kappa shape index (κ2) is 15.8. The van der Waals surface area contributed by atoms with Crippen LogP contribution in [0.25, 0.3) is 0 Å². The lowest BCUT2D eigenvalue weighted by Gasteiger charge is -2.29. The van der Waals surface area contributed by atoms with Crippen molar-refractivity contribution < 1.29 is 36.0 Å². The smallest absolute Gasteiger partial charge is 0.377 e. The van der Waals surface area contributed by atoms with Crippen LogP contribution in [0.15, 0.2) is 0 Å². The molecule has 2 heterocycles. The van der Waals surface area contributed by atoms with Gasteiger partial charge in [-0.1, -0.05) is 12.8 Å². The van der Waals surface area contributed by atoms with E-state index in [-0.39, 0.29) is 0 Å². The van der Waals surface area contributed by atoms with Crippen molar-refractivity contribution in [1.29, 1.82) is 0 Å². The second-order valence-electron chi connectivity index (χ2n) is 10.8. The van der Waals surface area contributed by atoms with Crippen LogP contribution in [-0.2, 0) is 36.0 Å². The van der Waals surface area contributed by atoms with Crippen molar-refractivity contribution >= 4 is 17.6 Å². The molecule has 6 unspecified atom stereocenters. The Kier molecular flexibility index (Phi) is 13.5. The summed E-state index contributed by atoms with van der Waals surface area (Å²) in [5.74, 6) is 1.66. The lowest BCUT2D eigenvalue weighted by atomic mass is 9.86. The van der Waals surface area contributed by atoms with Crippen molar-refractivity contribution in [2.45, 2.75) is 121 Å². The van der Waals surface area contributed by atoms with Crippen LogP contribution >= 0.6 is 0 Å². The molecule has 4 rings (SSSR count). The Morgan fingerprint density at radius 3 is 1.32 bits per heavy atom. The molecule has 10 heteroatoms. The molecule has 37 heavy (non-hydrogen) atoms. The normalized spacial score (nSPS) is 30.6. The van der Waals surface area contributed by atoms with Crippen LogP contribution in [0, 0.1) is 11.8 Å². The molecule has 0 amide bonds. The summed E-state index contributed by atoms with van der Waals surface area (Å²) in [6.07, 6.45) is 14.9. The predicted octanol–water partition coefficient (Wildman–Crippen LogP) is 5.59. The van der Waals surface area contributed by atoms with Crippen molar-refractivity contribution in [2.75, 3.05) is 41.2 Å². The van der Waals surface area contributed by atoms with Gasteiger partial charge < -0.3 is 36.0 Å². The maximum absolute atomic E-state index is 5.90. The van der Waals surface area contributed by atoms with Crippen LogP contribution in [0.2, 0.25) is 12.1 Å². The van der Waals surface area contributed by atoms with Crippen LogP contribution in [0.1, 0.15) is 85.0 Å². The highest BCUT2D eigenvalue weighted by Gasteiger charge is 2.45. The van der Waals surface area contributed by atoms with Crippen molar-refractivity contribution in [2.24, 2.45) is 11.8 Å². The van der Waals surface area contributed by atoms with Crippen LogP contribution in [-0.4, -0.2) is 83.2 Å². The van der Waals surface area contributed by atoms with Crippen molar-refractivity contribution in [3.05, 3.63) is 0 Å². The zero-order valence-corrected chi connectivity index (χ0v) is 26.3. The molecule has 0 aromatic carbocycles. The number of rotatable bonds is 17. The molecule has 2 saturated heterocycles. The Morgan fingerprint density at radius 2 is 0.973 bits per heavy atom. The molecular weight excluding hydrogens is 508 g/mol. The fraction of sp³-hybridized carbons (Fsp3) is 1.00. The van der Waals surface area contributed by atoms with Gasteiger partial charge in [-0.25, -0.2) is 0 Å². The van der Waals surface area contributed by atoms with E-state index in [1.807, 2.05) is 20.8 Å². The van der Waals surface area contributed by atoms with E-state index in [0.29, 0.717) is 44.2 Å². The highest BCUT2D eigenvalue weighted by Crippen LogP contribution is 2.42. The number of epoxide rings is 2. The van der Waals surface area contributed by atoms with Gasteiger partial charge in [-0.2, -0.15) is 0 Å². The van der Waals surface area contributed by atoms with Gasteiger partial charge in [-0.15, -0.1) is 0 Å². The SMILES string of the molecule is CCO[Si](CCCC1CCC2OC2C1)(OCC)OCC.CO[Si](CCCC1CCC2OC2C1)(OC)OC. The summed E-state index contributed by atoms with van der Waals surface area (Å²) < 4.78 is 45.1. The zero-order chi connectivity index (χ0) is 26.7. The van der Waals surface area contributed by atoms with Crippen LogP contribution < -0.4 is 0 Å². The standard InChI is InChI=1S/C15H30O4Si.C12H24O4Si/c1-4-16-20(17-5-2,18-6-3)11-7-8-13-9-10-14-15(12-13)19-14;1-13-17(14-2,15-3)8-4-5-10-6-7-11-12(9-10)16-11/h13-15H,4-12H2,1-3H3;10-12H,4-9H2,1-3H3. The van der Waals surface area contributed by atoms with Gasteiger partial charge in [0.2, 0.25) is 0 Å². The van der Waals surface area contributed by atoms with Gasteiger partial charge in [0.25, 0.3) is 0 Å². The Hall–Kier alpha value is 0.114. The van der Waals surface area contributed by atoms with Gasteiger partial charge in [0.05, 0.1) is 24.4 Å². The van der Waals surface area contributed by atoms with Crippen LogP contribution in [0.3, 0.4) is 0 Å². The van der Waals surface area contributed by atoms with Gasteiger partial charge in [-0.05, 0) is 84.0 Å². The number of hydrogen-bond donors (Lipinski definition) is 0. The van der Waals surface area contributed by atoms with Crippen LogP contribution in [0.4, 0.5) is 0 Å². The first-order chi connectivity index (χ1) is 18.0. The summed E-state index contributed by atoms with van der Waals surface area (Å²) in [4.78, 5) is 0. The highest BCUT2D eigenvalue weighted by molar-refractivity contribution is 6.61. The molecule has 0 bridgehead atoms. The van der Waals surface area contributed by atoms with Crippen molar-refractivity contribution in [3.63, 3.8) is 0 Å². The van der Waals surface area contributed by atoms with Crippen LogP contribution in [0.5, 0.6) is 0 Å². The van der Waals surface area contributed by atoms with E-state index in [2.05, 4.69) is 0 Å². The van der Waals surface area contributed by atoms with Gasteiger partial charge in [0.1, 0.15) is 0 Å². The fourth-order valence-electron chi connectivity index (χ4n) is 6.27. The second-order valence-corrected chi connectivity index (χ2v) is 16.7. The first-order valence-electron chi connectivity index (χ1n) is 14.8. The Morgan fingerprint density at radius 1 is 0.568 bits per heavy atom. The van der Waals surface area contributed by atoms with E-state index < -0.39 is 17.6 Å². The first kappa shape index (κ1) is 31.6. The van der Waals surface area contributed by atoms with Crippen molar-refractivity contribution in [3.8, 4) is 0 Å². The predicted molar refractivity (Wildman–Crippen MR) is 147 cm³/mol. The van der Waals surface area contributed by atoms with E-state index >= 15 is 0 Å². The average molecular weight is 563 g/mol. The molecule has 2 saturated carbocycles. The molecule has 0 N–H and O–H groups in total. The topological polar surface area (TPSA) is 80.4 Å². The number of fused-ring (bicyclic) bond motifs is 2. The molecule has 0 spiro atoms. The quantitative estimate of drug-likeness (QED) is 0.168. The summed E-state index contributed by atoms with van der Waals surface area (Å²) in [7, 11) is 0.291. The zero-order valence-electron chi connectivity index (χ0n) is 24.3. The third-order valence-corrected chi connectivity index (χ3v) is 14.4. The molecule has 2 aliphatic carbocycles. The molecule has 4 fully saturated rings. The minimum absolute atomic E-state index is 0.585. The molecule has 4 aliphatic rings. The molecule has 0 aromatic rings. The van der Waals surface area contributed by atoms with E-state index in [9.17, 15) is 0 Å². The number of ether oxygens (including phenoxy) is 2. The van der Waals surface area contributed by atoms with E-state index in [1.54, 1.807) is 21.3 Å². The molecule has 0 aromatic heterocycles. The van der Waals surface area contributed by atoms with E-state index in [1.165, 1.54) is 51.4 Å². The molecule has 2 aliphatic heterocycles. The summed E-state index contributed by atoms with van der Waals surface area (Å²) in [6, 6.07) is 1.87. The van der Waals surface area contributed by atoms with Gasteiger partial charge >= 0.3 is 17.6 Å². The fourth-order valence-corrected chi connectivity index (χ4v) is 10.7. The van der Waals surface area contributed by atoms with Gasteiger partial charge in [0.15, 0.2) is 0 Å². The minimum Gasteiger partial charge on any atom is -0.377 e. The molecular formula is C27H54O8Si2. The molecule has 6 atom stereocenters.